The molecule has 0 atom stereocenters. The lowest BCUT2D eigenvalue weighted by Gasteiger charge is -2.17. The number of unbranched alkanes of at least 4 members (excludes halogenated alkanes) is 3. The quantitative estimate of drug-likeness (QED) is 0.508. The minimum absolute atomic E-state index is 0.0830. The first-order chi connectivity index (χ1) is 14.0. The van der Waals surface area contributed by atoms with Gasteiger partial charge < -0.3 is 14.9 Å². The van der Waals surface area contributed by atoms with Crippen LogP contribution in [0.25, 0.3) is 0 Å². The maximum Gasteiger partial charge on any atom is 0.211 e. The first-order valence-corrected chi connectivity index (χ1v) is 9.89. The van der Waals surface area contributed by atoms with Crippen LogP contribution in [0, 0.1) is 0 Å². The van der Waals surface area contributed by atoms with Gasteiger partial charge in [-0.2, -0.15) is 0 Å². The van der Waals surface area contributed by atoms with Crippen LogP contribution in [-0.4, -0.2) is 34.1 Å². The minimum Gasteiger partial charge on any atom is -0.507 e. The molecule has 152 valence electrons. The fourth-order valence-corrected chi connectivity index (χ4v) is 3.28. The fourth-order valence-electron chi connectivity index (χ4n) is 3.28. The third-order valence-electron chi connectivity index (χ3n) is 4.90. The first-order valence-electron chi connectivity index (χ1n) is 9.89. The van der Waals surface area contributed by atoms with Crippen molar-refractivity contribution in [2.24, 2.45) is 4.99 Å². The summed E-state index contributed by atoms with van der Waals surface area (Å²) in [5, 5.41) is 19.8. The van der Waals surface area contributed by atoms with Crippen LogP contribution in [0.1, 0.15) is 65.3 Å². The van der Waals surface area contributed by atoms with Gasteiger partial charge in [0.1, 0.15) is 17.2 Å². The lowest BCUT2D eigenvalue weighted by molar-refractivity contribution is 0.0960. The summed E-state index contributed by atoms with van der Waals surface area (Å²) in [5.41, 5.74) is 0.655. The summed E-state index contributed by atoms with van der Waals surface area (Å²) >= 11 is 0. The molecule has 0 saturated carbocycles. The lowest BCUT2D eigenvalue weighted by atomic mass is 9.86. The van der Waals surface area contributed by atoms with Gasteiger partial charge in [-0.1, -0.05) is 38.3 Å². The van der Waals surface area contributed by atoms with Gasteiger partial charge in [0.05, 0.1) is 36.4 Å². The van der Waals surface area contributed by atoms with Gasteiger partial charge >= 0.3 is 0 Å². The molecule has 29 heavy (non-hydrogen) atoms. The van der Waals surface area contributed by atoms with E-state index in [2.05, 4.69) is 11.9 Å². The molecule has 0 saturated heterocycles. The number of fused-ring (bicyclic) bond motifs is 1. The smallest absolute Gasteiger partial charge is 0.211 e. The van der Waals surface area contributed by atoms with Crippen molar-refractivity contribution in [3.8, 4) is 17.2 Å². The molecule has 0 heterocycles. The predicted molar refractivity (Wildman–Crippen MR) is 110 cm³/mol. The number of nitrogens with zero attached hydrogens (tertiary/aromatic N) is 1. The van der Waals surface area contributed by atoms with E-state index in [-0.39, 0.29) is 41.3 Å². The second-order valence-corrected chi connectivity index (χ2v) is 7.10. The molecule has 0 aliphatic heterocycles. The second kappa shape index (κ2) is 9.37. The van der Waals surface area contributed by atoms with Crippen molar-refractivity contribution in [2.75, 3.05) is 6.61 Å². The maximum absolute atomic E-state index is 12.6. The third kappa shape index (κ3) is 4.83. The van der Waals surface area contributed by atoms with E-state index in [9.17, 15) is 19.8 Å². The number of hydrogen-bond donors (Lipinski definition) is 2. The average molecular weight is 395 g/mol. The zero-order valence-electron chi connectivity index (χ0n) is 16.5. The summed E-state index contributed by atoms with van der Waals surface area (Å²) in [5.74, 6) is -0.806. The van der Waals surface area contributed by atoms with Crippen LogP contribution in [0.4, 0.5) is 0 Å². The second-order valence-electron chi connectivity index (χ2n) is 7.10. The number of aromatic hydroxyl groups is 2. The number of phenolic OH excluding ortho intramolecular Hbond substituents is 2. The summed E-state index contributed by atoms with van der Waals surface area (Å²) < 4.78 is 5.71. The van der Waals surface area contributed by atoms with E-state index in [1.54, 1.807) is 0 Å². The van der Waals surface area contributed by atoms with E-state index < -0.39 is 11.6 Å². The molecule has 0 amide bonds. The Bertz CT molecular complexity index is 931. The molecule has 6 heteroatoms. The number of carbonyl (C=O) groups is 2. The molecule has 2 aromatic carbocycles. The van der Waals surface area contributed by atoms with Crippen molar-refractivity contribution in [3.63, 3.8) is 0 Å². The van der Waals surface area contributed by atoms with Crippen molar-refractivity contribution in [1.29, 1.82) is 0 Å². The Hall–Kier alpha value is -3.15. The molecule has 0 fully saturated rings. The monoisotopic (exact) mass is 395 g/mol. The maximum atomic E-state index is 12.6. The van der Waals surface area contributed by atoms with Crippen molar-refractivity contribution in [2.45, 2.75) is 45.6 Å². The Balaban J connectivity index is 1.65. The van der Waals surface area contributed by atoms with E-state index in [4.69, 9.17) is 4.74 Å². The molecule has 2 N–H and O–H groups in total. The highest BCUT2D eigenvalue weighted by Gasteiger charge is 2.33. The number of aliphatic imine (C=N–C) groups is 1. The summed E-state index contributed by atoms with van der Waals surface area (Å²) in [7, 11) is 0. The Labute approximate surface area is 169 Å². The molecule has 6 nitrogen and oxygen atoms in total. The van der Waals surface area contributed by atoms with Crippen LogP contribution >= 0.6 is 0 Å². The Morgan fingerprint density at radius 1 is 0.931 bits per heavy atom. The van der Waals surface area contributed by atoms with Crippen LogP contribution in [0.15, 0.2) is 41.4 Å². The van der Waals surface area contributed by atoms with Crippen molar-refractivity contribution >= 4 is 17.3 Å². The molecule has 1 aliphatic rings. The number of phenols is 2. The highest BCUT2D eigenvalue weighted by Crippen LogP contribution is 2.34. The predicted octanol–water partition coefficient (Wildman–Crippen LogP) is 4.47. The number of ether oxygens (including phenoxy) is 1. The normalized spacial score (nSPS) is 14.9. The minimum atomic E-state index is -0.528. The number of ketones is 2. The fraction of sp³-hybridized carbons (Fsp3) is 0.348. The van der Waals surface area contributed by atoms with Gasteiger partial charge in [0.15, 0.2) is 5.78 Å². The molecule has 2 aromatic rings. The van der Waals surface area contributed by atoms with E-state index in [1.807, 2.05) is 24.3 Å². The molecule has 0 spiro atoms. The van der Waals surface area contributed by atoms with Gasteiger partial charge in [-0.3, -0.25) is 14.6 Å². The van der Waals surface area contributed by atoms with Crippen LogP contribution in [0.5, 0.6) is 17.2 Å². The molecule has 3 rings (SSSR count). The number of carbonyl (C=O) groups excluding carboxylic acids is 2. The molecule has 1 aliphatic carbocycles. The zero-order valence-corrected chi connectivity index (χ0v) is 16.5. The molecule has 0 radical (unpaired) electrons. The lowest BCUT2D eigenvalue weighted by Crippen LogP contribution is -2.27. The van der Waals surface area contributed by atoms with Gasteiger partial charge in [-0.15, -0.1) is 0 Å². The van der Waals surface area contributed by atoms with E-state index in [0.29, 0.717) is 6.61 Å². The summed E-state index contributed by atoms with van der Waals surface area (Å²) in [6, 6.07) is 9.87. The summed E-state index contributed by atoms with van der Waals surface area (Å²) in [4.78, 5) is 29.2. The van der Waals surface area contributed by atoms with Crippen LogP contribution in [0.3, 0.4) is 0 Å². The third-order valence-corrected chi connectivity index (χ3v) is 4.90. The highest BCUT2D eigenvalue weighted by molar-refractivity contribution is 6.53. The molecular weight excluding hydrogens is 370 g/mol. The number of hydrogen-bond acceptors (Lipinski definition) is 6. The largest absolute Gasteiger partial charge is 0.507 e. The molecular formula is C23H25NO5. The molecule has 0 unspecified atom stereocenters. The van der Waals surface area contributed by atoms with Gasteiger partial charge in [-0.05, 0) is 36.2 Å². The van der Waals surface area contributed by atoms with Crippen LogP contribution in [-0.2, 0) is 6.54 Å². The Morgan fingerprint density at radius 3 is 2.31 bits per heavy atom. The first kappa shape index (κ1) is 20.6. The van der Waals surface area contributed by atoms with Gasteiger partial charge in [0.25, 0.3) is 0 Å². The topological polar surface area (TPSA) is 96.2 Å². The SMILES string of the molecule is CCCCCCOc1ccc(CN=C2CC(=O)c3c(O)ccc(O)c3C2=O)cc1. The van der Waals surface area contributed by atoms with Crippen molar-refractivity contribution in [1.82, 2.24) is 0 Å². The van der Waals surface area contributed by atoms with E-state index in [0.717, 1.165) is 24.2 Å². The van der Waals surface area contributed by atoms with Crippen LogP contribution < -0.4 is 4.74 Å². The highest BCUT2D eigenvalue weighted by atomic mass is 16.5. The number of rotatable bonds is 8. The van der Waals surface area contributed by atoms with Crippen molar-refractivity contribution < 1.29 is 24.5 Å². The summed E-state index contributed by atoms with van der Waals surface area (Å²) in [6.45, 7) is 3.10. The summed E-state index contributed by atoms with van der Waals surface area (Å²) in [6.07, 6.45) is 4.41. The van der Waals surface area contributed by atoms with E-state index in [1.165, 1.54) is 25.0 Å². The average Bonchev–Trinajstić information content (AvgIpc) is 2.72. The van der Waals surface area contributed by atoms with Crippen molar-refractivity contribution in [3.05, 3.63) is 53.1 Å². The standard InChI is InChI=1S/C23H25NO5/c1-2-3-4-5-12-29-16-8-6-15(7-9-16)14-24-17-13-20(27)21-18(25)10-11-19(26)22(21)23(17)28/h6-11,25-26H,2-5,12-14H2,1H3. The Morgan fingerprint density at radius 2 is 1.62 bits per heavy atom. The Kier molecular flexibility index (Phi) is 6.65. The molecule has 0 aromatic heterocycles. The number of benzene rings is 2. The molecule has 0 bridgehead atoms. The van der Waals surface area contributed by atoms with E-state index >= 15 is 0 Å². The van der Waals surface area contributed by atoms with Gasteiger partial charge in [0, 0.05) is 0 Å². The van der Waals surface area contributed by atoms with Crippen LogP contribution in [0.2, 0.25) is 0 Å². The zero-order chi connectivity index (χ0) is 20.8. The number of Topliss-reactive ketones (excluding diaryl/α,β-unsaturated/α-hetero) is 2. The van der Waals surface area contributed by atoms with Gasteiger partial charge in [-0.25, -0.2) is 0 Å². The van der Waals surface area contributed by atoms with Gasteiger partial charge in [0.2, 0.25) is 5.78 Å².